The van der Waals surface area contributed by atoms with Crippen LogP contribution in [0.5, 0.6) is 0 Å². The molecule has 3 nitrogen and oxygen atoms in total. The van der Waals surface area contributed by atoms with Crippen molar-refractivity contribution in [3.05, 3.63) is 35.6 Å². The van der Waals surface area contributed by atoms with Crippen molar-refractivity contribution in [2.24, 2.45) is 11.7 Å². The zero-order valence-electron chi connectivity index (χ0n) is 12.2. The molecule has 2 N–H and O–H groups in total. The van der Waals surface area contributed by atoms with Crippen molar-refractivity contribution in [1.29, 1.82) is 0 Å². The summed E-state index contributed by atoms with van der Waals surface area (Å²) in [5, 5.41) is 0. The summed E-state index contributed by atoms with van der Waals surface area (Å²) in [4.78, 5) is 14.7. The number of amides is 1. The lowest BCUT2D eigenvalue weighted by Crippen LogP contribution is -2.59. The number of nitrogens with zero attached hydrogens (tertiary/aromatic N) is 1. The highest BCUT2D eigenvalue weighted by Gasteiger charge is 2.55. The van der Waals surface area contributed by atoms with E-state index in [0.29, 0.717) is 31.6 Å². The molecule has 0 aliphatic heterocycles. The van der Waals surface area contributed by atoms with Crippen LogP contribution >= 0.6 is 0 Å². The summed E-state index contributed by atoms with van der Waals surface area (Å²) in [5.41, 5.74) is 5.58. The third-order valence-corrected chi connectivity index (χ3v) is 4.66. The average Bonchev–Trinajstić information content (AvgIpc) is 2.42. The van der Waals surface area contributed by atoms with Gasteiger partial charge in [-0.3, -0.25) is 4.79 Å². The van der Waals surface area contributed by atoms with Crippen LogP contribution in [0.2, 0.25) is 0 Å². The maximum Gasteiger partial charge on any atom is 0.233 e. The highest BCUT2D eigenvalue weighted by atomic mass is 19.1. The van der Waals surface area contributed by atoms with Gasteiger partial charge in [-0.25, -0.2) is 4.39 Å². The molecule has 1 aromatic carbocycles. The van der Waals surface area contributed by atoms with E-state index in [0.717, 1.165) is 6.42 Å². The second kappa shape index (κ2) is 5.92. The normalized spacial score (nSPS) is 25.1. The first kappa shape index (κ1) is 15.0. The van der Waals surface area contributed by atoms with Gasteiger partial charge in [0.05, 0.1) is 5.41 Å². The van der Waals surface area contributed by atoms with Gasteiger partial charge in [0.1, 0.15) is 5.82 Å². The number of carbonyl (C=O) groups is 1. The lowest BCUT2D eigenvalue weighted by molar-refractivity contribution is -0.144. The van der Waals surface area contributed by atoms with Crippen molar-refractivity contribution in [3.63, 3.8) is 0 Å². The van der Waals surface area contributed by atoms with Gasteiger partial charge in [-0.2, -0.15) is 0 Å². The maximum atomic E-state index is 14.2. The van der Waals surface area contributed by atoms with Gasteiger partial charge in [0.2, 0.25) is 5.91 Å². The summed E-state index contributed by atoms with van der Waals surface area (Å²) in [6.45, 7) is 5.60. The van der Waals surface area contributed by atoms with Crippen molar-refractivity contribution in [3.8, 4) is 0 Å². The Bertz CT molecular complexity index is 485. The maximum absolute atomic E-state index is 14.2. The number of hydrogen-bond acceptors (Lipinski definition) is 2. The molecule has 1 aliphatic rings. The van der Waals surface area contributed by atoms with Crippen molar-refractivity contribution in [1.82, 2.24) is 4.90 Å². The molecule has 0 unspecified atom stereocenters. The van der Waals surface area contributed by atoms with Crippen LogP contribution in [0.1, 0.15) is 32.3 Å². The minimum absolute atomic E-state index is 0.0225. The van der Waals surface area contributed by atoms with Crippen molar-refractivity contribution in [2.75, 3.05) is 19.6 Å². The van der Waals surface area contributed by atoms with Crippen LogP contribution < -0.4 is 5.73 Å². The highest BCUT2D eigenvalue weighted by molar-refractivity contribution is 5.90. The second-order valence-corrected chi connectivity index (χ2v) is 5.40. The largest absolute Gasteiger partial charge is 0.342 e. The van der Waals surface area contributed by atoms with Gasteiger partial charge in [-0.1, -0.05) is 18.2 Å². The first-order chi connectivity index (χ1) is 9.61. The fourth-order valence-corrected chi connectivity index (χ4v) is 3.32. The first-order valence-electron chi connectivity index (χ1n) is 7.36. The standard InChI is InChI=1S/C16H23FN2O/c1-3-19(4-2)15(20)16(10-9-12(16)11-18)13-7-5-6-8-14(13)17/h5-8,12H,3-4,9-11,18H2,1-2H3/t12-,16-/m0/s1. The molecule has 0 bridgehead atoms. The molecule has 1 fully saturated rings. The van der Waals surface area contributed by atoms with Crippen molar-refractivity contribution < 1.29 is 9.18 Å². The number of likely N-dealkylation sites (N-methyl/N-ethyl adjacent to an activating group) is 1. The smallest absolute Gasteiger partial charge is 0.233 e. The summed E-state index contributed by atoms with van der Waals surface area (Å²) in [6.07, 6.45) is 1.57. The van der Waals surface area contributed by atoms with Crippen LogP contribution in [0.25, 0.3) is 0 Å². The van der Waals surface area contributed by atoms with Gasteiger partial charge in [-0.15, -0.1) is 0 Å². The van der Waals surface area contributed by atoms with E-state index in [1.54, 1.807) is 23.1 Å². The third kappa shape index (κ3) is 2.12. The van der Waals surface area contributed by atoms with Gasteiger partial charge in [0.15, 0.2) is 0 Å². The molecule has 2 rings (SSSR count). The Hall–Kier alpha value is -1.42. The summed E-state index contributed by atoms with van der Waals surface area (Å²) < 4.78 is 14.2. The number of rotatable bonds is 5. The molecule has 0 radical (unpaired) electrons. The van der Waals surface area contributed by atoms with Gasteiger partial charge >= 0.3 is 0 Å². The molecule has 0 spiro atoms. The first-order valence-corrected chi connectivity index (χ1v) is 7.36. The molecule has 1 amide bonds. The molecule has 1 saturated carbocycles. The molecule has 0 heterocycles. The van der Waals surface area contributed by atoms with Gasteiger partial charge < -0.3 is 10.6 Å². The molecule has 1 aromatic rings. The van der Waals surface area contributed by atoms with E-state index in [4.69, 9.17) is 5.73 Å². The Balaban J connectivity index is 2.48. The highest BCUT2D eigenvalue weighted by Crippen LogP contribution is 2.50. The van der Waals surface area contributed by atoms with Gasteiger partial charge in [0.25, 0.3) is 0 Å². The van der Waals surface area contributed by atoms with E-state index in [-0.39, 0.29) is 17.6 Å². The van der Waals surface area contributed by atoms with E-state index in [1.165, 1.54) is 6.07 Å². The van der Waals surface area contributed by atoms with Gasteiger partial charge in [-0.05, 0) is 45.2 Å². The number of halogens is 1. The Morgan fingerprint density at radius 1 is 1.40 bits per heavy atom. The molecule has 110 valence electrons. The zero-order valence-corrected chi connectivity index (χ0v) is 12.2. The molecule has 2 atom stereocenters. The predicted molar refractivity (Wildman–Crippen MR) is 77.8 cm³/mol. The molecule has 1 aliphatic carbocycles. The third-order valence-electron chi connectivity index (χ3n) is 4.66. The summed E-state index contributed by atoms with van der Waals surface area (Å²) >= 11 is 0. The minimum Gasteiger partial charge on any atom is -0.342 e. The second-order valence-electron chi connectivity index (χ2n) is 5.40. The Labute approximate surface area is 120 Å². The number of nitrogens with two attached hydrogens (primary N) is 1. The van der Waals surface area contributed by atoms with Crippen LogP contribution in [-0.2, 0) is 10.2 Å². The van der Waals surface area contributed by atoms with E-state index >= 15 is 0 Å². The SMILES string of the molecule is CCN(CC)C(=O)[C@@]1(c2ccccc2F)CC[C@H]1CN. The summed E-state index contributed by atoms with van der Waals surface area (Å²) in [7, 11) is 0. The van der Waals surface area contributed by atoms with Crippen LogP contribution in [0.4, 0.5) is 4.39 Å². The van der Waals surface area contributed by atoms with E-state index in [2.05, 4.69) is 0 Å². The molecule has 20 heavy (non-hydrogen) atoms. The fraction of sp³-hybridized carbons (Fsp3) is 0.562. The fourth-order valence-electron chi connectivity index (χ4n) is 3.32. The topological polar surface area (TPSA) is 46.3 Å². The van der Waals surface area contributed by atoms with Crippen LogP contribution in [-0.4, -0.2) is 30.4 Å². The monoisotopic (exact) mass is 278 g/mol. The Kier molecular flexibility index (Phi) is 4.43. The zero-order chi connectivity index (χ0) is 14.8. The van der Waals surface area contributed by atoms with E-state index < -0.39 is 5.41 Å². The van der Waals surface area contributed by atoms with E-state index in [1.807, 2.05) is 13.8 Å². The van der Waals surface area contributed by atoms with E-state index in [9.17, 15) is 9.18 Å². The van der Waals surface area contributed by atoms with Crippen LogP contribution in [0.3, 0.4) is 0 Å². The molecule has 4 heteroatoms. The minimum atomic E-state index is -0.758. The lowest BCUT2D eigenvalue weighted by Gasteiger charge is -2.50. The summed E-state index contributed by atoms with van der Waals surface area (Å²) in [5.74, 6) is -0.243. The molecule has 0 saturated heterocycles. The van der Waals surface area contributed by atoms with Gasteiger partial charge in [0, 0.05) is 18.7 Å². The lowest BCUT2D eigenvalue weighted by atomic mass is 9.55. The Morgan fingerprint density at radius 3 is 2.50 bits per heavy atom. The average molecular weight is 278 g/mol. The van der Waals surface area contributed by atoms with Crippen molar-refractivity contribution >= 4 is 5.91 Å². The number of benzene rings is 1. The Morgan fingerprint density at radius 2 is 2.05 bits per heavy atom. The molecular formula is C16H23FN2O. The molecular weight excluding hydrogens is 255 g/mol. The van der Waals surface area contributed by atoms with Crippen LogP contribution in [0, 0.1) is 11.7 Å². The predicted octanol–water partition coefficient (Wildman–Crippen LogP) is 2.30. The van der Waals surface area contributed by atoms with Crippen molar-refractivity contribution in [2.45, 2.75) is 32.1 Å². The number of hydrogen-bond donors (Lipinski definition) is 1. The number of carbonyl (C=O) groups excluding carboxylic acids is 1. The molecule has 0 aromatic heterocycles. The van der Waals surface area contributed by atoms with Crippen LogP contribution in [0.15, 0.2) is 24.3 Å². The quantitative estimate of drug-likeness (QED) is 0.898. The summed E-state index contributed by atoms with van der Waals surface area (Å²) in [6, 6.07) is 6.61.